The van der Waals surface area contributed by atoms with Crippen LogP contribution in [-0.4, -0.2) is 16.5 Å². The van der Waals surface area contributed by atoms with E-state index in [9.17, 15) is 13.6 Å². The molecule has 0 aliphatic heterocycles. The summed E-state index contributed by atoms with van der Waals surface area (Å²) in [5, 5.41) is 0. The van der Waals surface area contributed by atoms with Crippen LogP contribution in [0.15, 0.2) is 18.2 Å². The lowest BCUT2D eigenvalue weighted by Crippen LogP contribution is -2.16. The summed E-state index contributed by atoms with van der Waals surface area (Å²) >= 11 is 8.52. The highest BCUT2D eigenvalue weighted by atomic mass is 79.9. The van der Waals surface area contributed by atoms with Crippen molar-refractivity contribution in [1.82, 2.24) is 0 Å². The van der Waals surface area contributed by atoms with E-state index in [1.807, 2.05) is 0 Å². The molecule has 82 valence electrons. The molecule has 1 aromatic rings. The zero-order valence-corrected chi connectivity index (χ0v) is 9.99. The van der Waals surface area contributed by atoms with Crippen molar-refractivity contribution in [2.45, 2.75) is 11.2 Å². The molecule has 0 N–H and O–H groups in total. The fourth-order valence-corrected chi connectivity index (χ4v) is 2.04. The van der Waals surface area contributed by atoms with Crippen molar-refractivity contribution in [3.05, 3.63) is 35.4 Å². The van der Waals surface area contributed by atoms with Crippen molar-refractivity contribution in [1.29, 1.82) is 0 Å². The molecule has 1 unspecified atom stereocenters. The van der Waals surface area contributed by atoms with E-state index >= 15 is 0 Å². The van der Waals surface area contributed by atoms with Crippen LogP contribution in [0.25, 0.3) is 0 Å². The van der Waals surface area contributed by atoms with Gasteiger partial charge in [-0.2, -0.15) is 0 Å². The van der Waals surface area contributed by atoms with Crippen molar-refractivity contribution in [3.8, 4) is 0 Å². The highest BCUT2D eigenvalue weighted by molar-refractivity contribution is 9.10. The number of Topliss-reactive ketones (excluding diaryl/α,β-unsaturated/α-hetero) is 1. The smallest absolute Gasteiger partial charge is 0.179 e. The van der Waals surface area contributed by atoms with Crippen LogP contribution in [0.2, 0.25) is 0 Å². The van der Waals surface area contributed by atoms with Gasteiger partial charge in [0.25, 0.3) is 0 Å². The molecule has 5 heteroatoms. The summed E-state index contributed by atoms with van der Waals surface area (Å²) in [5.74, 6) is -1.57. The van der Waals surface area contributed by atoms with Gasteiger partial charge in [-0.3, -0.25) is 4.79 Å². The Kier molecular flexibility index (Phi) is 4.67. The molecule has 0 saturated carbocycles. The summed E-state index contributed by atoms with van der Waals surface area (Å²) in [6.45, 7) is 0. The lowest BCUT2D eigenvalue weighted by Gasteiger charge is -2.07. The van der Waals surface area contributed by atoms with Gasteiger partial charge in [-0.15, -0.1) is 11.6 Å². The summed E-state index contributed by atoms with van der Waals surface area (Å²) < 4.78 is 26.0. The summed E-state index contributed by atoms with van der Waals surface area (Å²) in [4.78, 5) is 11.0. The van der Waals surface area contributed by atoms with E-state index in [2.05, 4.69) is 15.9 Å². The summed E-state index contributed by atoms with van der Waals surface area (Å²) in [6.07, 6.45) is 0.371. The third-order valence-corrected chi connectivity index (χ3v) is 2.93. The van der Waals surface area contributed by atoms with E-state index in [1.54, 1.807) is 0 Å². The zero-order chi connectivity index (χ0) is 11.4. The first-order valence-electron chi connectivity index (χ1n) is 4.25. The number of hydrogen-bond acceptors (Lipinski definition) is 1. The average molecular weight is 298 g/mol. The maximum Gasteiger partial charge on any atom is 0.179 e. The molecule has 0 bridgehead atoms. The fourth-order valence-electron chi connectivity index (χ4n) is 1.08. The number of benzene rings is 1. The average Bonchev–Trinajstić information content (AvgIpc) is 2.21. The maximum absolute atomic E-state index is 13.2. The number of ketones is 1. The largest absolute Gasteiger partial charge is 0.293 e. The van der Waals surface area contributed by atoms with Gasteiger partial charge in [-0.05, 0) is 24.6 Å². The Labute approximate surface area is 99.6 Å². The molecule has 0 aliphatic rings. The molecule has 0 radical (unpaired) electrons. The van der Waals surface area contributed by atoms with Gasteiger partial charge in [-0.1, -0.05) is 15.9 Å². The van der Waals surface area contributed by atoms with E-state index in [0.29, 0.717) is 6.42 Å². The van der Waals surface area contributed by atoms with Gasteiger partial charge >= 0.3 is 0 Å². The minimum atomic E-state index is -0.722. The summed E-state index contributed by atoms with van der Waals surface area (Å²) in [6, 6.07) is 2.79. The number of carbonyl (C=O) groups is 1. The number of halogens is 4. The molecular weight excluding hydrogens is 289 g/mol. The monoisotopic (exact) mass is 296 g/mol. The lowest BCUT2D eigenvalue weighted by atomic mass is 10.1. The van der Waals surface area contributed by atoms with Crippen molar-refractivity contribution in [2.24, 2.45) is 0 Å². The van der Waals surface area contributed by atoms with E-state index in [0.717, 1.165) is 18.2 Å². The molecule has 0 heterocycles. The van der Waals surface area contributed by atoms with Gasteiger partial charge in [0.15, 0.2) is 5.78 Å². The highest BCUT2D eigenvalue weighted by Crippen LogP contribution is 2.17. The molecule has 1 atom stereocenters. The Morgan fingerprint density at radius 3 is 2.73 bits per heavy atom. The van der Waals surface area contributed by atoms with Gasteiger partial charge in [-0.25, -0.2) is 8.78 Å². The molecule has 0 aliphatic carbocycles. The highest BCUT2D eigenvalue weighted by Gasteiger charge is 2.20. The van der Waals surface area contributed by atoms with Crippen molar-refractivity contribution in [2.75, 3.05) is 5.88 Å². The van der Waals surface area contributed by atoms with E-state index < -0.39 is 22.2 Å². The van der Waals surface area contributed by atoms with Gasteiger partial charge in [0.2, 0.25) is 0 Å². The van der Waals surface area contributed by atoms with Crippen LogP contribution >= 0.6 is 27.5 Å². The quantitative estimate of drug-likeness (QED) is 0.614. The van der Waals surface area contributed by atoms with Gasteiger partial charge < -0.3 is 0 Å². The molecular formula is C10H8BrClF2O. The second kappa shape index (κ2) is 5.56. The third-order valence-electron chi connectivity index (χ3n) is 1.84. The normalized spacial score (nSPS) is 12.5. The van der Waals surface area contributed by atoms with Crippen molar-refractivity contribution in [3.63, 3.8) is 0 Å². The van der Waals surface area contributed by atoms with Crippen molar-refractivity contribution < 1.29 is 13.6 Å². The standard InChI is InChI=1S/C10H8BrClF2O/c11-8(3-4-12)10(15)7-5-6(13)1-2-9(7)14/h1-2,5,8H,3-4H2. The number of alkyl halides is 2. The molecule has 0 fully saturated rings. The Balaban J connectivity index is 2.95. The molecule has 1 nitrogen and oxygen atoms in total. The van der Waals surface area contributed by atoms with Crippen LogP contribution in [-0.2, 0) is 0 Å². The number of hydrogen-bond donors (Lipinski definition) is 0. The SMILES string of the molecule is O=C(c1cc(F)ccc1F)C(Br)CCCl. The minimum absolute atomic E-state index is 0.248. The first-order chi connectivity index (χ1) is 7.06. The minimum Gasteiger partial charge on any atom is -0.293 e. The Hall–Kier alpha value is -0.480. The molecule has 0 saturated heterocycles. The van der Waals surface area contributed by atoms with Gasteiger partial charge in [0.05, 0.1) is 10.4 Å². The fraction of sp³-hybridized carbons (Fsp3) is 0.300. The number of rotatable bonds is 4. The lowest BCUT2D eigenvalue weighted by molar-refractivity contribution is 0.0986. The Morgan fingerprint density at radius 1 is 1.47 bits per heavy atom. The van der Waals surface area contributed by atoms with Crippen LogP contribution < -0.4 is 0 Å². The van der Waals surface area contributed by atoms with Crippen LogP contribution in [0.4, 0.5) is 8.78 Å². The number of carbonyl (C=O) groups excluding carboxylic acids is 1. The van der Waals surface area contributed by atoms with Gasteiger partial charge in [0, 0.05) is 5.88 Å². The zero-order valence-electron chi connectivity index (χ0n) is 7.64. The Morgan fingerprint density at radius 2 is 2.13 bits per heavy atom. The van der Waals surface area contributed by atoms with E-state index in [4.69, 9.17) is 11.6 Å². The first-order valence-corrected chi connectivity index (χ1v) is 5.70. The topological polar surface area (TPSA) is 17.1 Å². The van der Waals surface area contributed by atoms with Gasteiger partial charge in [0.1, 0.15) is 11.6 Å². The van der Waals surface area contributed by atoms with Crippen LogP contribution in [0.5, 0.6) is 0 Å². The summed E-state index contributed by atoms with van der Waals surface area (Å²) in [7, 11) is 0. The molecule has 0 amide bonds. The van der Waals surface area contributed by atoms with Crippen LogP contribution in [0, 0.1) is 11.6 Å². The second-order valence-electron chi connectivity index (χ2n) is 2.93. The maximum atomic E-state index is 13.2. The Bertz CT molecular complexity index is 370. The second-order valence-corrected chi connectivity index (χ2v) is 4.42. The molecule has 1 rings (SSSR count). The van der Waals surface area contributed by atoms with Crippen molar-refractivity contribution >= 4 is 33.3 Å². The van der Waals surface area contributed by atoms with Crippen LogP contribution in [0.3, 0.4) is 0 Å². The predicted molar refractivity (Wildman–Crippen MR) is 58.7 cm³/mol. The predicted octanol–water partition coefficient (Wildman–Crippen LogP) is 3.54. The van der Waals surface area contributed by atoms with E-state index in [1.165, 1.54) is 0 Å². The molecule has 0 spiro atoms. The molecule has 1 aromatic carbocycles. The molecule has 0 aromatic heterocycles. The van der Waals surface area contributed by atoms with Crippen LogP contribution in [0.1, 0.15) is 16.8 Å². The molecule has 15 heavy (non-hydrogen) atoms. The summed E-state index contributed by atoms with van der Waals surface area (Å²) in [5.41, 5.74) is -0.248. The first kappa shape index (κ1) is 12.6. The third kappa shape index (κ3) is 3.24. The van der Waals surface area contributed by atoms with E-state index in [-0.39, 0.29) is 11.4 Å².